The Labute approximate surface area is 183 Å². The number of carbonyl (C=O) groups is 1. The molecule has 1 aliphatic rings. The summed E-state index contributed by atoms with van der Waals surface area (Å²) in [5.74, 6) is 1.49. The first kappa shape index (κ1) is 22.9. The quantitative estimate of drug-likeness (QED) is 0.587. The number of benzene rings is 2. The summed E-state index contributed by atoms with van der Waals surface area (Å²) in [6.07, 6.45) is -0.641. The third kappa shape index (κ3) is 5.88. The Bertz CT molecular complexity index is 855. The first-order valence-electron chi connectivity index (χ1n) is 10.4. The van der Waals surface area contributed by atoms with Crippen molar-refractivity contribution in [2.24, 2.45) is 5.73 Å². The third-order valence-electron chi connectivity index (χ3n) is 5.44. The van der Waals surface area contributed by atoms with Gasteiger partial charge in [0.1, 0.15) is 24.5 Å². The summed E-state index contributed by atoms with van der Waals surface area (Å²) >= 11 is 0. The number of amides is 1. The molecule has 1 heterocycles. The number of methoxy groups -OCH3 is 2. The Morgan fingerprint density at radius 3 is 2.16 bits per heavy atom. The highest BCUT2D eigenvalue weighted by molar-refractivity contribution is 5.82. The zero-order valence-corrected chi connectivity index (χ0v) is 18.1. The highest BCUT2D eigenvalue weighted by Gasteiger charge is 2.31. The van der Waals surface area contributed by atoms with Gasteiger partial charge in [-0.3, -0.25) is 14.6 Å². The van der Waals surface area contributed by atoms with E-state index < -0.39 is 18.1 Å². The second-order valence-electron chi connectivity index (χ2n) is 7.50. The summed E-state index contributed by atoms with van der Waals surface area (Å²) in [6.45, 7) is 3.40. The summed E-state index contributed by atoms with van der Waals surface area (Å²) < 4.78 is 16.4. The van der Waals surface area contributed by atoms with Gasteiger partial charge >= 0.3 is 0 Å². The smallest absolute Gasteiger partial charge is 0.239 e. The molecule has 0 bridgehead atoms. The van der Waals surface area contributed by atoms with Crippen LogP contribution in [0.15, 0.2) is 48.5 Å². The number of primary amides is 1. The molecule has 1 amide bonds. The fraction of sp³-hybridized carbons (Fsp3) is 0.435. The molecule has 31 heavy (non-hydrogen) atoms. The summed E-state index contributed by atoms with van der Waals surface area (Å²) in [5, 5.41) is 10.4. The van der Waals surface area contributed by atoms with E-state index in [-0.39, 0.29) is 6.61 Å². The van der Waals surface area contributed by atoms with Gasteiger partial charge in [-0.1, -0.05) is 30.3 Å². The van der Waals surface area contributed by atoms with Gasteiger partial charge in [0.25, 0.3) is 0 Å². The minimum Gasteiger partial charge on any atom is -0.496 e. The Kier molecular flexibility index (Phi) is 8.11. The minimum atomic E-state index is -0.641. The number of hydrogen-bond donors (Lipinski definition) is 2. The van der Waals surface area contributed by atoms with Gasteiger partial charge in [0.2, 0.25) is 5.91 Å². The van der Waals surface area contributed by atoms with E-state index in [4.69, 9.17) is 19.9 Å². The lowest BCUT2D eigenvalue weighted by molar-refractivity contribution is -0.124. The predicted molar refractivity (Wildman–Crippen MR) is 117 cm³/mol. The van der Waals surface area contributed by atoms with Crippen LogP contribution >= 0.6 is 0 Å². The number of piperazine rings is 1. The van der Waals surface area contributed by atoms with Crippen molar-refractivity contribution in [1.82, 2.24) is 9.80 Å². The minimum absolute atomic E-state index is 0.172. The number of β-amino-alcohol motifs (C(OH)–C–C–N with tert-alkyl or cyclic N) is 1. The largest absolute Gasteiger partial charge is 0.496 e. The van der Waals surface area contributed by atoms with Crippen LogP contribution in [0.2, 0.25) is 0 Å². The zero-order chi connectivity index (χ0) is 22.2. The van der Waals surface area contributed by atoms with Crippen LogP contribution in [0.25, 0.3) is 0 Å². The maximum absolute atomic E-state index is 12.2. The van der Waals surface area contributed by atoms with Crippen molar-refractivity contribution in [2.75, 3.05) is 53.6 Å². The highest BCUT2D eigenvalue weighted by Crippen LogP contribution is 2.30. The average Bonchev–Trinajstić information content (AvgIpc) is 2.79. The molecule has 1 fully saturated rings. The lowest BCUT2D eigenvalue weighted by atomic mass is 10.0. The Hall–Kier alpha value is -2.81. The van der Waals surface area contributed by atoms with E-state index in [0.717, 1.165) is 5.56 Å². The number of nitrogens with two attached hydrogens (primary N) is 1. The molecule has 0 spiro atoms. The van der Waals surface area contributed by atoms with Crippen LogP contribution in [-0.4, -0.2) is 80.5 Å². The molecule has 2 aromatic rings. The fourth-order valence-electron chi connectivity index (χ4n) is 3.90. The molecule has 8 heteroatoms. The molecule has 3 N–H and O–H groups in total. The van der Waals surface area contributed by atoms with Gasteiger partial charge in [0.15, 0.2) is 11.5 Å². The normalized spacial score (nSPS) is 17.0. The lowest BCUT2D eigenvalue weighted by Crippen LogP contribution is -2.52. The Morgan fingerprint density at radius 2 is 1.55 bits per heavy atom. The van der Waals surface area contributed by atoms with E-state index in [9.17, 15) is 9.90 Å². The van der Waals surface area contributed by atoms with Gasteiger partial charge in [-0.15, -0.1) is 0 Å². The van der Waals surface area contributed by atoms with Crippen LogP contribution in [-0.2, 0) is 4.79 Å². The first-order chi connectivity index (χ1) is 15.0. The molecule has 1 saturated heterocycles. The van der Waals surface area contributed by atoms with Gasteiger partial charge in [-0.25, -0.2) is 0 Å². The van der Waals surface area contributed by atoms with Crippen LogP contribution in [0, 0.1) is 0 Å². The molecule has 2 atom stereocenters. The number of para-hydroxylation sites is 3. The molecule has 0 saturated carbocycles. The number of carbonyl (C=O) groups excluding carboxylic acids is 1. The topological polar surface area (TPSA) is 97.5 Å². The predicted octanol–water partition coefficient (Wildman–Crippen LogP) is 1.29. The molecule has 1 aliphatic heterocycles. The molecule has 168 valence electrons. The van der Waals surface area contributed by atoms with Crippen molar-refractivity contribution in [3.63, 3.8) is 0 Å². The van der Waals surface area contributed by atoms with E-state index in [2.05, 4.69) is 9.80 Å². The highest BCUT2D eigenvalue weighted by atomic mass is 16.5. The third-order valence-corrected chi connectivity index (χ3v) is 5.44. The molecular weight excluding hydrogens is 398 g/mol. The molecule has 8 nitrogen and oxygen atoms in total. The van der Waals surface area contributed by atoms with Crippen molar-refractivity contribution >= 4 is 5.91 Å². The summed E-state index contributed by atoms with van der Waals surface area (Å²) in [6, 6.07) is 14.3. The van der Waals surface area contributed by atoms with Crippen molar-refractivity contribution < 1.29 is 24.1 Å². The number of hydrogen-bond acceptors (Lipinski definition) is 7. The number of nitrogens with zero attached hydrogens (tertiary/aromatic N) is 2. The van der Waals surface area contributed by atoms with Crippen molar-refractivity contribution in [2.45, 2.75) is 12.1 Å². The van der Waals surface area contributed by atoms with Gasteiger partial charge in [-0.05, 0) is 18.2 Å². The second-order valence-corrected chi connectivity index (χ2v) is 7.50. The lowest BCUT2D eigenvalue weighted by Gasteiger charge is -2.39. The van der Waals surface area contributed by atoms with E-state index in [1.54, 1.807) is 14.2 Å². The number of rotatable bonds is 10. The summed E-state index contributed by atoms with van der Waals surface area (Å²) in [7, 11) is 3.17. The van der Waals surface area contributed by atoms with Gasteiger partial charge < -0.3 is 25.1 Å². The SMILES string of the molecule is COc1ccccc1OCC(O)CN1CCN(C(C(N)=O)c2ccccc2OC)CC1. The van der Waals surface area contributed by atoms with Crippen LogP contribution < -0.4 is 19.9 Å². The van der Waals surface area contributed by atoms with Crippen LogP contribution in [0.1, 0.15) is 11.6 Å². The molecule has 0 aliphatic carbocycles. The van der Waals surface area contributed by atoms with E-state index in [1.165, 1.54) is 0 Å². The number of aliphatic hydroxyl groups is 1. The standard InChI is InChI=1S/C23H31N3O5/c1-29-19-8-4-3-7-18(19)22(23(24)28)26-13-11-25(12-14-26)15-17(27)16-31-21-10-6-5-9-20(21)30-2/h3-10,17,22,27H,11-16H2,1-2H3,(H2,24,28). The van der Waals surface area contributed by atoms with Gasteiger partial charge in [-0.2, -0.15) is 0 Å². The molecule has 3 rings (SSSR count). The molecule has 2 aromatic carbocycles. The number of aliphatic hydroxyl groups excluding tert-OH is 1. The summed E-state index contributed by atoms with van der Waals surface area (Å²) in [4.78, 5) is 16.5. The second kappa shape index (κ2) is 11.0. The zero-order valence-electron chi connectivity index (χ0n) is 18.1. The van der Waals surface area contributed by atoms with E-state index in [1.807, 2.05) is 48.5 Å². The summed E-state index contributed by atoms with van der Waals surface area (Å²) in [5.41, 5.74) is 6.51. The van der Waals surface area contributed by atoms with Crippen LogP contribution in [0.5, 0.6) is 17.2 Å². The van der Waals surface area contributed by atoms with Gasteiger partial charge in [0.05, 0.1) is 14.2 Å². The van der Waals surface area contributed by atoms with E-state index >= 15 is 0 Å². The maximum atomic E-state index is 12.2. The van der Waals surface area contributed by atoms with Crippen molar-refractivity contribution in [1.29, 1.82) is 0 Å². The first-order valence-corrected chi connectivity index (χ1v) is 10.4. The monoisotopic (exact) mass is 429 g/mol. The van der Waals surface area contributed by atoms with Gasteiger partial charge in [0, 0.05) is 38.3 Å². The maximum Gasteiger partial charge on any atom is 0.239 e. The Morgan fingerprint density at radius 1 is 0.968 bits per heavy atom. The molecular formula is C23H31N3O5. The molecule has 0 aromatic heterocycles. The van der Waals surface area contributed by atoms with Crippen molar-refractivity contribution in [3.8, 4) is 17.2 Å². The molecule has 2 unspecified atom stereocenters. The average molecular weight is 430 g/mol. The van der Waals surface area contributed by atoms with Crippen LogP contribution in [0.3, 0.4) is 0 Å². The molecule has 0 radical (unpaired) electrons. The van der Waals surface area contributed by atoms with Crippen LogP contribution in [0.4, 0.5) is 0 Å². The van der Waals surface area contributed by atoms with Crippen molar-refractivity contribution in [3.05, 3.63) is 54.1 Å². The van der Waals surface area contributed by atoms with E-state index in [0.29, 0.717) is 50.0 Å². The number of ether oxygens (including phenoxy) is 3. The Balaban J connectivity index is 1.53. The fourth-order valence-corrected chi connectivity index (χ4v) is 3.90.